The first-order valence-corrected chi connectivity index (χ1v) is 6.92. The van der Waals surface area contributed by atoms with E-state index in [9.17, 15) is 0 Å². The van der Waals surface area contributed by atoms with Gasteiger partial charge in [-0.15, -0.1) is 0 Å². The summed E-state index contributed by atoms with van der Waals surface area (Å²) < 4.78 is 5.65. The molecule has 1 aromatic carbocycles. The number of methoxy groups -OCH3 is 1. The van der Waals surface area contributed by atoms with Crippen molar-refractivity contribution in [3.63, 3.8) is 0 Å². The van der Waals surface area contributed by atoms with Crippen LogP contribution < -0.4 is 10.1 Å². The molecule has 0 aliphatic carbocycles. The van der Waals surface area contributed by atoms with Crippen molar-refractivity contribution >= 4 is 0 Å². The first kappa shape index (κ1) is 13.4. The van der Waals surface area contributed by atoms with Gasteiger partial charge in [-0.05, 0) is 50.3 Å². The summed E-state index contributed by atoms with van der Waals surface area (Å²) in [5.41, 5.74) is 4.12. The molecule has 18 heavy (non-hydrogen) atoms. The summed E-state index contributed by atoms with van der Waals surface area (Å²) in [5, 5.41) is 3.66. The van der Waals surface area contributed by atoms with Crippen LogP contribution in [0.4, 0.5) is 0 Å². The third kappa shape index (κ3) is 2.14. The molecular weight excluding hydrogens is 222 g/mol. The van der Waals surface area contributed by atoms with Gasteiger partial charge >= 0.3 is 0 Å². The van der Waals surface area contributed by atoms with Crippen molar-refractivity contribution in [1.29, 1.82) is 0 Å². The highest BCUT2D eigenvalue weighted by molar-refractivity contribution is 5.50. The second-order valence-corrected chi connectivity index (χ2v) is 5.89. The number of aryl methyl sites for hydroxylation is 1. The molecule has 1 aliphatic rings. The summed E-state index contributed by atoms with van der Waals surface area (Å²) in [7, 11) is 1.78. The van der Waals surface area contributed by atoms with Crippen LogP contribution in [0.25, 0.3) is 0 Å². The quantitative estimate of drug-likeness (QED) is 0.879. The standard InChI is InChI=1S/C16H25NO/c1-11(2)14-13(16(4)9-6-10-17-16)8-7-12(3)15(14)18-5/h7-8,11,17H,6,9-10H2,1-5H3. The Morgan fingerprint density at radius 3 is 2.56 bits per heavy atom. The molecule has 0 aromatic heterocycles. The van der Waals surface area contributed by atoms with E-state index in [0.717, 1.165) is 12.3 Å². The Hall–Kier alpha value is -1.02. The fourth-order valence-corrected chi connectivity index (χ4v) is 3.16. The van der Waals surface area contributed by atoms with Crippen molar-refractivity contribution in [3.8, 4) is 5.75 Å². The first-order chi connectivity index (χ1) is 8.49. The second-order valence-electron chi connectivity index (χ2n) is 5.89. The van der Waals surface area contributed by atoms with Gasteiger partial charge in [-0.3, -0.25) is 0 Å². The zero-order valence-corrected chi connectivity index (χ0v) is 12.3. The summed E-state index contributed by atoms with van der Waals surface area (Å²) in [4.78, 5) is 0. The average molecular weight is 247 g/mol. The highest BCUT2D eigenvalue weighted by Crippen LogP contribution is 2.41. The van der Waals surface area contributed by atoms with Crippen LogP contribution in [0.3, 0.4) is 0 Å². The molecule has 0 amide bonds. The second kappa shape index (κ2) is 4.93. The van der Waals surface area contributed by atoms with Crippen molar-refractivity contribution in [3.05, 3.63) is 28.8 Å². The minimum absolute atomic E-state index is 0.112. The maximum absolute atomic E-state index is 5.65. The van der Waals surface area contributed by atoms with E-state index in [1.54, 1.807) is 7.11 Å². The van der Waals surface area contributed by atoms with Gasteiger partial charge in [0.1, 0.15) is 5.75 Å². The molecule has 1 saturated heterocycles. The third-order valence-corrected chi connectivity index (χ3v) is 4.14. The molecule has 0 radical (unpaired) electrons. The van der Waals surface area contributed by atoms with Gasteiger partial charge in [0.2, 0.25) is 0 Å². The molecule has 0 spiro atoms. The van der Waals surface area contributed by atoms with Gasteiger partial charge in [0.25, 0.3) is 0 Å². The maximum atomic E-state index is 5.65. The smallest absolute Gasteiger partial charge is 0.125 e. The zero-order chi connectivity index (χ0) is 13.3. The highest BCUT2D eigenvalue weighted by Gasteiger charge is 2.33. The molecule has 1 N–H and O–H groups in total. The Labute approximate surface area is 111 Å². The highest BCUT2D eigenvalue weighted by atomic mass is 16.5. The van der Waals surface area contributed by atoms with Gasteiger partial charge in [-0.25, -0.2) is 0 Å². The minimum atomic E-state index is 0.112. The van der Waals surface area contributed by atoms with Crippen molar-refractivity contribution in [2.24, 2.45) is 0 Å². The molecule has 1 heterocycles. The number of nitrogens with one attached hydrogen (secondary N) is 1. The molecule has 2 nitrogen and oxygen atoms in total. The first-order valence-electron chi connectivity index (χ1n) is 6.92. The predicted octanol–water partition coefficient (Wildman–Crippen LogP) is 3.73. The van der Waals surface area contributed by atoms with E-state index >= 15 is 0 Å². The number of rotatable bonds is 3. The van der Waals surface area contributed by atoms with Crippen LogP contribution in [0.1, 0.15) is 56.2 Å². The molecule has 1 aliphatic heterocycles. The van der Waals surface area contributed by atoms with Crippen LogP contribution in [0.5, 0.6) is 5.75 Å². The fourth-order valence-electron chi connectivity index (χ4n) is 3.16. The number of hydrogen-bond donors (Lipinski definition) is 1. The average Bonchev–Trinajstić information content (AvgIpc) is 2.76. The van der Waals surface area contributed by atoms with E-state index < -0.39 is 0 Å². The molecule has 1 fully saturated rings. The molecule has 1 aromatic rings. The normalized spacial score (nSPS) is 23.7. The van der Waals surface area contributed by atoms with Gasteiger partial charge in [-0.2, -0.15) is 0 Å². The van der Waals surface area contributed by atoms with E-state index in [-0.39, 0.29) is 5.54 Å². The molecule has 2 rings (SSSR count). The van der Waals surface area contributed by atoms with Crippen LogP contribution in [0.15, 0.2) is 12.1 Å². The summed E-state index contributed by atoms with van der Waals surface area (Å²) in [6.07, 6.45) is 2.46. The summed E-state index contributed by atoms with van der Waals surface area (Å²) in [6, 6.07) is 4.47. The van der Waals surface area contributed by atoms with Crippen molar-refractivity contribution < 1.29 is 4.74 Å². The lowest BCUT2D eigenvalue weighted by molar-refractivity contribution is 0.390. The Balaban J connectivity index is 2.60. The van der Waals surface area contributed by atoms with Crippen LogP contribution in [0, 0.1) is 6.92 Å². The van der Waals surface area contributed by atoms with Crippen LogP contribution in [-0.2, 0) is 5.54 Å². The van der Waals surface area contributed by atoms with E-state index in [2.05, 4.69) is 45.1 Å². The molecule has 2 heteroatoms. The number of benzene rings is 1. The van der Waals surface area contributed by atoms with Crippen molar-refractivity contribution in [2.45, 2.75) is 52.0 Å². The Bertz CT molecular complexity index is 431. The Kier molecular flexibility index (Phi) is 3.67. The summed E-state index contributed by atoms with van der Waals surface area (Å²) >= 11 is 0. The lowest BCUT2D eigenvalue weighted by Gasteiger charge is -2.30. The largest absolute Gasteiger partial charge is 0.496 e. The van der Waals surface area contributed by atoms with Crippen molar-refractivity contribution in [2.75, 3.05) is 13.7 Å². The predicted molar refractivity (Wildman–Crippen MR) is 76.4 cm³/mol. The molecule has 1 atom stereocenters. The monoisotopic (exact) mass is 247 g/mol. The van der Waals surface area contributed by atoms with Gasteiger partial charge in [0.05, 0.1) is 7.11 Å². The van der Waals surface area contributed by atoms with E-state index in [1.807, 2.05) is 0 Å². The molecule has 100 valence electrons. The number of hydrogen-bond acceptors (Lipinski definition) is 2. The fraction of sp³-hybridized carbons (Fsp3) is 0.625. The van der Waals surface area contributed by atoms with Crippen LogP contribution >= 0.6 is 0 Å². The topological polar surface area (TPSA) is 21.3 Å². The Morgan fingerprint density at radius 1 is 1.33 bits per heavy atom. The zero-order valence-electron chi connectivity index (χ0n) is 12.3. The van der Waals surface area contributed by atoms with Gasteiger partial charge in [0.15, 0.2) is 0 Å². The summed E-state index contributed by atoms with van der Waals surface area (Å²) in [6.45, 7) is 10.1. The minimum Gasteiger partial charge on any atom is -0.496 e. The van der Waals surface area contributed by atoms with E-state index in [0.29, 0.717) is 5.92 Å². The van der Waals surface area contributed by atoms with E-state index in [4.69, 9.17) is 4.74 Å². The van der Waals surface area contributed by atoms with Gasteiger partial charge in [-0.1, -0.05) is 26.0 Å². The van der Waals surface area contributed by atoms with Gasteiger partial charge < -0.3 is 10.1 Å². The lowest BCUT2D eigenvalue weighted by atomic mass is 9.82. The molecule has 0 saturated carbocycles. The number of ether oxygens (including phenoxy) is 1. The van der Waals surface area contributed by atoms with Crippen LogP contribution in [0.2, 0.25) is 0 Å². The molecule has 0 bridgehead atoms. The lowest BCUT2D eigenvalue weighted by Crippen LogP contribution is -2.34. The SMILES string of the molecule is COc1c(C)ccc(C2(C)CCCN2)c1C(C)C. The van der Waals surface area contributed by atoms with Crippen LogP contribution in [-0.4, -0.2) is 13.7 Å². The molecule has 1 unspecified atom stereocenters. The van der Waals surface area contributed by atoms with E-state index in [1.165, 1.54) is 29.5 Å². The Morgan fingerprint density at radius 2 is 2.06 bits per heavy atom. The molecular formula is C16H25NO. The summed E-state index contributed by atoms with van der Waals surface area (Å²) in [5.74, 6) is 1.55. The van der Waals surface area contributed by atoms with Gasteiger partial charge in [0, 0.05) is 11.1 Å². The van der Waals surface area contributed by atoms with Crippen molar-refractivity contribution in [1.82, 2.24) is 5.32 Å². The third-order valence-electron chi connectivity index (χ3n) is 4.14. The maximum Gasteiger partial charge on any atom is 0.125 e.